The molecule has 2 aromatic rings. The summed E-state index contributed by atoms with van der Waals surface area (Å²) in [6.07, 6.45) is 1.04. The molecule has 0 aromatic carbocycles. The number of nitrogens with one attached hydrogen (secondary N) is 1. The van der Waals surface area contributed by atoms with Crippen LogP contribution >= 0.6 is 54.5 Å². The van der Waals surface area contributed by atoms with Crippen LogP contribution in [0.1, 0.15) is 15.8 Å². The Morgan fingerprint density at radius 3 is 2.69 bits per heavy atom. The first-order valence-electron chi connectivity index (χ1n) is 4.84. The van der Waals surface area contributed by atoms with Gasteiger partial charge in [0.2, 0.25) is 0 Å². The second-order valence-electron chi connectivity index (χ2n) is 3.42. The molecule has 0 fully saturated rings. The highest BCUT2D eigenvalue weighted by Gasteiger charge is 2.13. The Hall–Kier alpha value is 0.320. The molecule has 1 atom stereocenters. The van der Waals surface area contributed by atoms with E-state index in [-0.39, 0.29) is 0 Å². The maximum absolute atomic E-state index is 3.51. The summed E-state index contributed by atoms with van der Waals surface area (Å²) in [5.41, 5.74) is 0. The van der Waals surface area contributed by atoms with E-state index in [0.717, 1.165) is 6.42 Å². The number of thiophene rings is 2. The maximum atomic E-state index is 3.51. The molecule has 0 saturated heterocycles. The molecule has 0 aliphatic rings. The van der Waals surface area contributed by atoms with Gasteiger partial charge in [-0.25, -0.2) is 0 Å². The van der Waals surface area contributed by atoms with E-state index in [0.29, 0.717) is 6.04 Å². The Kier molecular flexibility index (Phi) is 4.61. The summed E-state index contributed by atoms with van der Waals surface area (Å²) in [5.74, 6) is 0. The quantitative estimate of drug-likeness (QED) is 0.800. The largest absolute Gasteiger partial charge is 0.312 e. The summed E-state index contributed by atoms with van der Waals surface area (Å²) in [7, 11) is 2.01. The first kappa shape index (κ1) is 12.8. The number of hydrogen-bond acceptors (Lipinski definition) is 3. The SMILES string of the molecule is CNC(Cc1cc(Br)cs1)c1ccc(Br)s1. The predicted octanol–water partition coefficient (Wildman–Crippen LogP) is 4.84. The highest BCUT2D eigenvalue weighted by atomic mass is 79.9. The van der Waals surface area contributed by atoms with Gasteiger partial charge in [0.25, 0.3) is 0 Å². The van der Waals surface area contributed by atoms with Crippen LogP contribution in [0.5, 0.6) is 0 Å². The number of likely N-dealkylation sites (N-methyl/N-ethyl adjacent to an activating group) is 1. The first-order valence-corrected chi connectivity index (χ1v) is 8.12. The van der Waals surface area contributed by atoms with Gasteiger partial charge in [-0.05, 0) is 57.1 Å². The summed E-state index contributed by atoms with van der Waals surface area (Å²) in [6, 6.07) is 6.88. The van der Waals surface area contributed by atoms with E-state index in [1.165, 1.54) is 18.0 Å². The Labute approximate surface area is 120 Å². The lowest BCUT2D eigenvalue weighted by Gasteiger charge is -2.12. The molecule has 86 valence electrons. The third-order valence-corrected chi connectivity index (χ3v) is 5.77. The molecule has 0 spiro atoms. The summed E-state index contributed by atoms with van der Waals surface area (Å²) in [6.45, 7) is 0. The number of hydrogen-bond donors (Lipinski definition) is 1. The molecule has 0 amide bonds. The maximum Gasteiger partial charge on any atom is 0.0701 e. The molecule has 1 N–H and O–H groups in total. The van der Waals surface area contributed by atoms with Gasteiger partial charge in [0, 0.05) is 32.1 Å². The van der Waals surface area contributed by atoms with Crippen molar-refractivity contribution in [3.05, 3.63) is 41.6 Å². The fourth-order valence-corrected chi connectivity index (χ4v) is 4.55. The van der Waals surface area contributed by atoms with Crippen LogP contribution in [-0.4, -0.2) is 7.05 Å². The van der Waals surface area contributed by atoms with E-state index in [2.05, 4.69) is 60.8 Å². The molecule has 2 rings (SSSR count). The van der Waals surface area contributed by atoms with Crippen molar-refractivity contribution in [2.24, 2.45) is 0 Å². The van der Waals surface area contributed by atoms with Crippen LogP contribution in [0.4, 0.5) is 0 Å². The predicted molar refractivity (Wildman–Crippen MR) is 79.5 cm³/mol. The Bertz CT molecular complexity index is 464. The van der Waals surface area contributed by atoms with Crippen LogP contribution in [0.15, 0.2) is 31.8 Å². The smallest absolute Gasteiger partial charge is 0.0701 e. The van der Waals surface area contributed by atoms with Crippen molar-refractivity contribution >= 4 is 54.5 Å². The average molecular weight is 381 g/mol. The fraction of sp³-hybridized carbons (Fsp3) is 0.273. The lowest BCUT2D eigenvalue weighted by atomic mass is 10.1. The molecular formula is C11H11Br2NS2. The van der Waals surface area contributed by atoms with E-state index in [1.54, 1.807) is 22.7 Å². The van der Waals surface area contributed by atoms with Crippen LogP contribution in [-0.2, 0) is 6.42 Å². The Morgan fingerprint density at radius 2 is 2.19 bits per heavy atom. The minimum Gasteiger partial charge on any atom is -0.312 e. The van der Waals surface area contributed by atoms with Gasteiger partial charge in [-0.1, -0.05) is 0 Å². The lowest BCUT2D eigenvalue weighted by molar-refractivity contribution is 0.607. The third-order valence-electron chi connectivity index (χ3n) is 2.31. The van der Waals surface area contributed by atoms with Gasteiger partial charge < -0.3 is 5.32 Å². The van der Waals surface area contributed by atoms with Crippen LogP contribution in [0.25, 0.3) is 0 Å². The van der Waals surface area contributed by atoms with Gasteiger partial charge in [-0.2, -0.15) is 0 Å². The zero-order valence-corrected chi connectivity index (χ0v) is 13.5. The highest BCUT2D eigenvalue weighted by molar-refractivity contribution is 9.11. The molecule has 16 heavy (non-hydrogen) atoms. The van der Waals surface area contributed by atoms with Crippen LogP contribution in [0.2, 0.25) is 0 Å². The van der Waals surface area contributed by atoms with Gasteiger partial charge in [-0.15, -0.1) is 22.7 Å². The van der Waals surface area contributed by atoms with Crippen LogP contribution in [0, 0.1) is 0 Å². The summed E-state index contributed by atoms with van der Waals surface area (Å²) >= 11 is 10.6. The van der Waals surface area contributed by atoms with Crippen molar-refractivity contribution in [1.29, 1.82) is 0 Å². The minimum absolute atomic E-state index is 0.404. The fourth-order valence-electron chi connectivity index (χ4n) is 1.52. The van der Waals surface area contributed by atoms with Crippen LogP contribution in [0.3, 0.4) is 0 Å². The summed E-state index contributed by atoms with van der Waals surface area (Å²) in [4.78, 5) is 2.77. The molecule has 1 unspecified atom stereocenters. The van der Waals surface area contributed by atoms with Crippen molar-refractivity contribution in [2.45, 2.75) is 12.5 Å². The number of rotatable bonds is 4. The van der Waals surface area contributed by atoms with E-state index in [9.17, 15) is 0 Å². The molecule has 0 saturated carbocycles. The van der Waals surface area contributed by atoms with Gasteiger partial charge in [0.1, 0.15) is 0 Å². The molecule has 0 aliphatic heterocycles. The van der Waals surface area contributed by atoms with Gasteiger partial charge in [0.15, 0.2) is 0 Å². The van der Waals surface area contributed by atoms with Gasteiger partial charge in [-0.3, -0.25) is 0 Å². The normalized spacial score (nSPS) is 12.9. The monoisotopic (exact) mass is 379 g/mol. The first-order chi connectivity index (χ1) is 7.69. The van der Waals surface area contributed by atoms with Crippen LogP contribution < -0.4 is 5.32 Å². The Morgan fingerprint density at radius 1 is 1.38 bits per heavy atom. The van der Waals surface area contributed by atoms with Crippen molar-refractivity contribution < 1.29 is 0 Å². The van der Waals surface area contributed by atoms with Gasteiger partial charge in [0.05, 0.1) is 3.79 Å². The van der Waals surface area contributed by atoms with E-state index in [1.807, 2.05) is 7.05 Å². The molecule has 2 heterocycles. The molecule has 5 heteroatoms. The topological polar surface area (TPSA) is 12.0 Å². The lowest BCUT2D eigenvalue weighted by Crippen LogP contribution is -2.17. The molecule has 2 aromatic heterocycles. The zero-order chi connectivity index (χ0) is 11.5. The van der Waals surface area contributed by atoms with Gasteiger partial charge >= 0.3 is 0 Å². The Balaban J connectivity index is 2.12. The molecule has 1 nitrogen and oxygen atoms in total. The average Bonchev–Trinajstić information content (AvgIpc) is 2.84. The molecule has 0 bridgehead atoms. The third kappa shape index (κ3) is 3.17. The molecular weight excluding hydrogens is 370 g/mol. The van der Waals surface area contributed by atoms with Crippen molar-refractivity contribution in [3.8, 4) is 0 Å². The van der Waals surface area contributed by atoms with E-state index >= 15 is 0 Å². The summed E-state index contributed by atoms with van der Waals surface area (Å²) < 4.78 is 2.37. The number of halogens is 2. The molecule has 0 radical (unpaired) electrons. The zero-order valence-electron chi connectivity index (χ0n) is 8.67. The van der Waals surface area contributed by atoms with Crippen molar-refractivity contribution in [3.63, 3.8) is 0 Å². The van der Waals surface area contributed by atoms with Crippen molar-refractivity contribution in [1.82, 2.24) is 5.32 Å². The highest BCUT2D eigenvalue weighted by Crippen LogP contribution is 2.31. The van der Waals surface area contributed by atoms with E-state index in [4.69, 9.17) is 0 Å². The molecule has 0 aliphatic carbocycles. The van der Waals surface area contributed by atoms with Crippen molar-refractivity contribution in [2.75, 3.05) is 7.05 Å². The standard InChI is InChI=1S/C11H11Br2NS2/c1-14-9(10-2-3-11(13)16-10)5-8-4-7(12)6-15-8/h2-4,6,9,14H,5H2,1H3. The second-order valence-corrected chi connectivity index (χ2v) is 7.82. The summed E-state index contributed by atoms with van der Waals surface area (Å²) in [5, 5.41) is 5.50. The second kappa shape index (κ2) is 5.78. The van der Waals surface area contributed by atoms with E-state index < -0.39 is 0 Å². The minimum atomic E-state index is 0.404.